The lowest BCUT2D eigenvalue weighted by atomic mass is 10.2. The Bertz CT molecular complexity index is 508. The van der Waals surface area contributed by atoms with E-state index >= 15 is 0 Å². The molecule has 2 aromatic rings. The fraction of sp³-hybridized carbons (Fsp3) is 0.357. The van der Waals surface area contributed by atoms with Gasteiger partial charge in [-0.25, -0.2) is 0 Å². The number of hydrogen-bond donors (Lipinski definition) is 2. The molecule has 3 N–H and O–H groups in total. The van der Waals surface area contributed by atoms with Gasteiger partial charge < -0.3 is 15.6 Å². The van der Waals surface area contributed by atoms with Gasteiger partial charge in [-0.05, 0) is 30.7 Å². The number of aryl methyl sites for hydroxylation is 1. The molecule has 5 nitrogen and oxygen atoms in total. The molecule has 1 aromatic carbocycles. The zero-order valence-corrected chi connectivity index (χ0v) is 11.0. The van der Waals surface area contributed by atoms with Gasteiger partial charge in [-0.2, -0.15) is 5.10 Å². The Morgan fingerprint density at radius 2 is 2.05 bits per heavy atom. The highest BCUT2D eigenvalue weighted by Gasteiger charge is 2.07. The first kappa shape index (κ1) is 13.6. The molecule has 0 spiro atoms. The van der Waals surface area contributed by atoms with E-state index in [1.807, 2.05) is 43.5 Å². The summed E-state index contributed by atoms with van der Waals surface area (Å²) < 4.78 is 7.22. The molecule has 1 atom stereocenters. The SMILES string of the molecule is Cc1ccn(CC(O)COc2ccc(CN)cc2)n1. The van der Waals surface area contributed by atoms with Crippen LogP contribution in [0.5, 0.6) is 5.75 Å². The predicted molar refractivity (Wildman–Crippen MR) is 72.8 cm³/mol. The number of ether oxygens (including phenoxy) is 1. The molecule has 19 heavy (non-hydrogen) atoms. The summed E-state index contributed by atoms with van der Waals surface area (Å²) in [6, 6.07) is 9.44. The van der Waals surface area contributed by atoms with E-state index in [0.29, 0.717) is 13.1 Å². The first-order chi connectivity index (χ1) is 9.17. The number of nitrogens with zero attached hydrogens (tertiary/aromatic N) is 2. The second-order valence-electron chi connectivity index (χ2n) is 4.49. The Morgan fingerprint density at radius 3 is 2.63 bits per heavy atom. The third kappa shape index (κ3) is 4.08. The molecule has 102 valence electrons. The van der Waals surface area contributed by atoms with Crippen molar-refractivity contribution in [1.29, 1.82) is 0 Å². The fourth-order valence-electron chi connectivity index (χ4n) is 1.75. The molecule has 1 unspecified atom stereocenters. The normalized spacial score (nSPS) is 12.4. The van der Waals surface area contributed by atoms with Gasteiger partial charge in [-0.15, -0.1) is 0 Å². The van der Waals surface area contributed by atoms with Crippen LogP contribution >= 0.6 is 0 Å². The van der Waals surface area contributed by atoms with Crippen LogP contribution < -0.4 is 10.5 Å². The number of aliphatic hydroxyl groups is 1. The molecule has 0 bridgehead atoms. The lowest BCUT2D eigenvalue weighted by Crippen LogP contribution is -2.23. The molecule has 0 saturated carbocycles. The van der Waals surface area contributed by atoms with Crippen molar-refractivity contribution in [2.75, 3.05) is 6.61 Å². The van der Waals surface area contributed by atoms with Crippen molar-refractivity contribution in [2.24, 2.45) is 5.73 Å². The highest BCUT2D eigenvalue weighted by atomic mass is 16.5. The van der Waals surface area contributed by atoms with E-state index in [2.05, 4.69) is 5.10 Å². The van der Waals surface area contributed by atoms with Gasteiger partial charge in [0.15, 0.2) is 0 Å². The monoisotopic (exact) mass is 261 g/mol. The summed E-state index contributed by atoms with van der Waals surface area (Å²) >= 11 is 0. The second-order valence-corrected chi connectivity index (χ2v) is 4.49. The van der Waals surface area contributed by atoms with E-state index < -0.39 is 6.10 Å². The molecule has 0 aliphatic carbocycles. The molecule has 2 rings (SSSR count). The van der Waals surface area contributed by atoms with Gasteiger partial charge in [-0.3, -0.25) is 4.68 Å². The molecule has 1 aromatic heterocycles. The third-order valence-electron chi connectivity index (χ3n) is 2.77. The van der Waals surface area contributed by atoms with Crippen LogP contribution in [0.15, 0.2) is 36.5 Å². The minimum Gasteiger partial charge on any atom is -0.491 e. The smallest absolute Gasteiger partial charge is 0.119 e. The number of aromatic nitrogens is 2. The molecular formula is C14H19N3O2. The lowest BCUT2D eigenvalue weighted by Gasteiger charge is -2.12. The van der Waals surface area contributed by atoms with E-state index in [-0.39, 0.29) is 6.61 Å². The summed E-state index contributed by atoms with van der Waals surface area (Å²) in [6.07, 6.45) is 1.25. The lowest BCUT2D eigenvalue weighted by molar-refractivity contribution is 0.0892. The highest BCUT2D eigenvalue weighted by molar-refractivity contribution is 5.27. The Hall–Kier alpha value is -1.85. The molecule has 0 saturated heterocycles. The summed E-state index contributed by atoms with van der Waals surface area (Å²) in [6.45, 7) is 3.09. The molecule has 0 amide bonds. The van der Waals surface area contributed by atoms with Crippen molar-refractivity contribution in [2.45, 2.75) is 26.1 Å². The highest BCUT2D eigenvalue weighted by Crippen LogP contribution is 2.12. The van der Waals surface area contributed by atoms with Crippen LogP contribution in [0.3, 0.4) is 0 Å². The van der Waals surface area contributed by atoms with Crippen LogP contribution in [0, 0.1) is 6.92 Å². The van der Waals surface area contributed by atoms with E-state index in [4.69, 9.17) is 10.5 Å². The summed E-state index contributed by atoms with van der Waals surface area (Å²) in [4.78, 5) is 0. The molecular weight excluding hydrogens is 242 g/mol. The standard InChI is InChI=1S/C14H19N3O2/c1-11-6-7-17(16-11)9-13(18)10-19-14-4-2-12(8-15)3-5-14/h2-7,13,18H,8-10,15H2,1H3. The van der Waals surface area contributed by atoms with Crippen LogP contribution in [0.2, 0.25) is 0 Å². The maximum Gasteiger partial charge on any atom is 0.119 e. The predicted octanol–water partition coefficient (Wildman–Crippen LogP) is 1.09. The average Bonchev–Trinajstić information content (AvgIpc) is 2.82. The van der Waals surface area contributed by atoms with Gasteiger partial charge in [0.25, 0.3) is 0 Å². The molecule has 5 heteroatoms. The van der Waals surface area contributed by atoms with Gasteiger partial charge in [0.05, 0.1) is 12.2 Å². The van der Waals surface area contributed by atoms with E-state index in [9.17, 15) is 5.11 Å². The fourth-order valence-corrected chi connectivity index (χ4v) is 1.75. The maximum atomic E-state index is 9.87. The maximum absolute atomic E-state index is 9.87. The van der Waals surface area contributed by atoms with Crippen molar-refractivity contribution in [1.82, 2.24) is 9.78 Å². The van der Waals surface area contributed by atoms with Gasteiger partial charge >= 0.3 is 0 Å². The Morgan fingerprint density at radius 1 is 1.32 bits per heavy atom. The zero-order valence-electron chi connectivity index (χ0n) is 11.0. The quantitative estimate of drug-likeness (QED) is 0.816. The second kappa shape index (κ2) is 6.36. The van der Waals surface area contributed by atoms with Gasteiger partial charge in [-0.1, -0.05) is 12.1 Å². The number of aliphatic hydroxyl groups excluding tert-OH is 1. The summed E-state index contributed by atoms with van der Waals surface area (Å²) in [5, 5.41) is 14.1. The molecule has 0 fully saturated rings. The molecule has 0 radical (unpaired) electrons. The molecule has 0 aliphatic heterocycles. The number of hydrogen-bond acceptors (Lipinski definition) is 4. The van der Waals surface area contributed by atoms with Crippen molar-refractivity contribution in [3.8, 4) is 5.75 Å². The van der Waals surface area contributed by atoms with Crippen molar-refractivity contribution >= 4 is 0 Å². The van der Waals surface area contributed by atoms with Crippen LogP contribution in [0.1, 0.15) is 11.3 Å². The zero-order chi connectivity index (χ0) is 13.7. The Kier molecular flexibility index (Phi) is 4.54. The van der Waals surface area contributed by atoms with Crippen molar-refractivity contribution < 1.29 is 9.84 Å². The van der Waals surface area contributed by atoms with Gasteiger partial charge in [0, 0.05) is 12.7 Å². The van der Waals surface area contributed by atoms with Gasteiger partial charge in [0.2, 0.25) is 0 Å². The summed E-state index contributed by atoms with van der Waals surface area (Å²) in [5.74, 6) is 0.730. The number of benzene rings is 1. The molecule has 0 aliphatic rings. The van der Waals surface area contributed by atoms with Crippen LogP contribution in [0.4, 0.5) is 0 Å². The minimum atomic E-state index is -0.589. The minimum absolute atomic E-state index is 0.237. The van der Waals surface area contributed by atoms with Crippen molar-refractivity contribution in [3.63, 3.8) is 0 Å². The van der Waals surface area contributed by atoms with Crippen LogP contribution in [-0.2, 0) is 13.1 Å². The summed E-state index contributed by atoms with van der Waals surface area (Å²) in [5.41, 5.74) is 7.51. The van der Waals surface area contributed by atoms with E-state index in [1.165, 1.54) is 0 Å². The topological polar surface area (TPSA) is 73.3 Å². The first-order valence-corrected chi connectivity index (χ1v) is 6.27. The third-order valence-corrected chi connectivity index (χ3v) is 2.77. The summed E-state index contributed by atoms with van der Waals surface area (Å²) in [7, 11) is 0. The average molecular weight is 261 g/mol. The van der Waals surface area contributed by atoms with Crippen molar-refractivity contribution in [3.05, 3.63) is 47.8 Å². The van der Waals surface area contributed by atoms with Crippen LogP contribution in [0.25, 0.3) is 0 Å². The Balaban J connectivity index is 1.80. The van der Waals surface area contributed by atoms with Gasteiger partial charge in [0.1, 0.15) is 18.5 Å². The van der Waals surface area contributed by atoms with Crippen LogP contribution in [-0.4, -0.2) is 27.6 Å². The Labute approximate surface area is 112 Å². The van der Waals surface area contributed by atoms with E-state index in [1.54, 1.807) is 4.68 Å². The largest absolute Gasteiger partial charge is 0.491 e. The van der Waals surface area contributed by atoms with E-state index in [0.717, 1.165) is 17.0 Å². The first-order valence-electron chi connectivity index (χ1n) is 6.27. The number of nitrogens with two attached hydrogens (primary N) is 1. The molecule has 1 heterocycles. The number of rotatable bonds is 6.